The molecule has 6 rings (SSSR count). The zero-order valence-corrected chi connectivity index (χ0v) is 24.2. The normalized spacial score (nSPS) is 26.2. The maximum absolute atomic E-state index is 14.2. The number of primary amides is 1. The third kappa shape index (κ3) is 4.37. The highest BCUT2D eigenvalue weighted by Gasteiger charge is 2.60. The van der Waals surface area contributed by atoms with Crippen molar-refractivity contribution in [2.24, 2.45) is 23.5 Å². The van der Waals surface area contributed by atoms with Gasteiger partial charge < -0.3 is 36.0 Å². The van der Waals surface area contributed by atoms with Gasteiger partial charge in [-0.15, -0.1) is 0 Å². The van der Waals surface area contributed by atoms with Crippen LogP contribution in [0.5, 0.6) is 5.75 Å². The van der Waals surface area contributed by atoms with Gasteiger partial charge in [0.15, 0.2) is 5.78 Å². The average molecular weight is 601 g/mol. The Balaban J connectivity index is 1.40. The number of nitrogens with zero attached hydrogens (tertiary/aromatic N) is 2. The first kappa shape index (κ1) is 29.1. The fourth-order valence-corrected chi connectivity index (χ4v) is 7.41. The number of benzene rings is 2. The molecule has 0 spiro atoms. The number of fused-ring (bicyclic) bond motifs is 3. The molecule has 12 nitrogen and oxygen atoms in total. The Morgan fingerprint density at radius 3 is 2.41 bits per heavy atom. The maximum atomic E-state index is 14.2. The van der Waals surface area contributed by atoms with Crippen LogP contribution >= 0.6 is 0 Å². The van der Waals surface area contributed by atoms with Gasteiger partial charge in [-0.05, 0) is 80.6 Å². The number of carbonyl (C=O) groups excluding carboxylic acids is 3. The van der Waals surface area contributed by atoms with Gasteiger partial charge in [-0.25, -0.2) is 0 Å². The number of hydrogen-bond acceptors (Lipinski definition) is 10. The lowest BCUT2D eigenvalue weighted by Gasteiger charge is -2.52. The lowest BCUT2D eigenvalue weighted by Crippen LogP contribution is -2.61. The number of aromatic hydroxyl groups is 1. The highest BCUT2D eigenvalue weighted by molar-refractivity contribution is 6.08. The smallest absolute Gasteiger partial charge is 0.294 e. The van der Waals surface area contributed by atoms with Gasteiger partial charge in [0.25, 0.3) is 11.8 Å². The highest BCUT2D eigenvalue weighted by atomic mass is 16.5. The zero-order chi connectivity index (χ0) is 31.7. The first-order valence-electron chi connectivity index (χ1n) is 14.1. The number of rotatable bonds is 5. The molecule has 12 heteroatoms. The molecule has 0 saturated heterocycles. The Labute approximate surface area is 252 Å². The quantitative estimate of drug-likeness (QED) is 0.253. The molecular weight excluding hydrogens is 568 g/mol. The van der Waals surface area contributed by atoms with E-state index in [1.54, 1.807) is 49.3 Å². The summed E-state index contributed by atoms with van der Waals surface area (Å²) in [6.07, 6.45) is 1.95. The molecule has 228 valence electrons. The molecule has 3 aliphatic rings. The Kier molecular flexibility index (Phi) is 6.86. The molecular formula is C32H32N4O8. The topological polar surface area (TPSA) is 199 Å². The van der Waals surface area contributed by atoms with Crippen molar-refractivity contribution in [3.05, 3.63) is 82.5 Å². The third-order valence-electron chi connectivity index (χ3n) is 9.15. The number of Topliss-reactive ketones (excluding diaryl/α,β-unsaturated/α-hetero) is 1. The Morgan fingerprint density at radius 1 is 1.09 bits per heavy atom. The first-order chi connectivity index (χ1) is 20.8. The van der Waals surface area contributed by atoms with Gasteiger partial charge in [-0.3, -0.25) is 19.3 Å². The number of nitrogens with one attached hydrogen (secondary N) is 1. The van der Waals surface area contributed by atoms with Crippen molar-refractivity contribution in [3.63, 3.8) is 0 Å². The summed E-state index contributed by atoms with van der Waals surface area (Å²) in [4.78, 5) is 40.6. The number of aromatic nitrogens is 1. The monoisotopic (exact) mass is 600 g/mol. The largest absolute Gasteiger partial charge is 0.510 e. The van der Waals surface area contributed by atoms with Crippen molar-refractivity contribution in [2.45, 2.75) is 31.4 Å². The highest BCUT2D eigenvalue weighted by Crippen LogP contribution is 2.54. The van der Waals surface area contributed by atoms with Crippen LogP contribution in [-0.4, -0.2) is 73.8 Å². The molecule has 7 N–H and O–H groups in total. The summed E-state index contributed by atoms with van der Waals surface area (Å²) < 4.78 is 4.89. The van der Waals surface area contributed by atoms with Crippen LogP contribution in [0.1, 0.15) is 35.0 Å². The van der Waals surface area contributed by atoms with E-state index < -0.39 is 52.6 Å². The van der Waals surface area contributed by atoms with Gasteiger partial charge in [0, 0.05) is 17.3 Å². The van der Waals surface area contributed by atoms with Crippen molar-refractivity contribution < 1.29 is 39.3 Å². The molecule has 0 aliphatic heterocycles. The molecule has 2 amide bonds. The van der Waals surface area contributed by atoms with Crippen LogP contribution in [0, 0.1) is 17.8 Å². The van der Waals surface area contributed by atoms with Crippen LogP contribution in [-0.2, 0) is 16.0 Å². The van der Waals surface area contributed by atoms with Crippen LogP contribution in [0.4, 0.5) is 5.69 Å². The van der Waals surface area contributed by atoms with Crippen LogP contribution in [0.15, 0.2) is 70.1 Å². The van der Waals surface area contributed by atoms with E-state index in [-0.39, 0.29) is 40.6 Å². The van der Waals surface area contributed by atoms with Crippen molar-refractivity contribution in [3.8, 4) is 16.9 Å². The second kappa shape index (κ2) is 10.4. The number of aliphatic hydroxyl groups excluding tert-OH is 2. The summed E-state index contributed by atoms with van der Waals surface area (Å²) in [5, 5.41) is 51.4. The number of allylic oxidation sites excluding steroid dienone is 1. The van der Waals surface area contributed by atoms with Crippen molar-refractivity contribution in [2.75, 3.05) is 19.4 Å². The summed E-state index contributed by atoms with van der Waals surface area (Å²) in [6.45, 7) is 1.28. The van der Waals surface area contributed by atoms with Crippen LogP contribution in [0.2, 0.25) is 0 Å². The fourth-order valence-electron chi connectivity index (χ4n) is 7.41. The van der Waals surface area contributed by atoms with E-state index in [0.717, 1.165) is 5.56 Å². The van der Waals surface area contributed by atoms with Crippen LogP contribution in [0.25, 0.3) is 16.9 Å². The molecule has 3 aromatic rings. The summed E-state index contributed by atoms with van der Waals surface area (Å²) in [5.41, 5.74) is 5.84. The number of phenolic OH excluding ortho intramolecular Hbond substituents is 1. The van der Waals surface area contributed by atoms with E-state index in [1.807, 2.05) is 0 Å². The van der Waals surface area contributed by atoms with E-state index in [2.05, 4.69) is 10.5 Å². The summed E-state index contributed by atoms with van der Waals surface area (Å²) >= 11 is 0. The number of amides is 2. The predicted molar refractivity (Wildman–Crippen MR) is 158 cm³/mol. The molecule has 1 saturated carbocycles. The molecule has 0 bridgehead atoms. The number of aliphatic hydroxyl groups is 3. The molecule has 1 fully saturated rings. The summed E-state index contributed by atoms with van der Waals surface area (Å²) in [5.74, 6) is -5.24. The summed E-state index contributed by atoms with van der Waals surface area (Å²) in [7, 11) is 3.40. The van der Waals surface area contributed by atoms with E-state index in [1.165, 1.54) is 25.3 Å². The van der Waals surface area contributed by atoms with Gasteiger partial charge in [-0.2, -0.15) is 0 Å². The minimum absolute atomic E-state index is 0.0645. The maximum Gasteiger partial charge on any atom is 0.294 e. The van der Waals surface area contributed by atoms with E-state index in [9.17, 15) is 34.8 Å². The van der Waals surface area contributed by atoms with Crippen molar-refractivity contribution in [1.29, 1.82) is 0 Å². The van der Waals surface area contributed by atoms with Gasteiger partial charge in [-0.1, -0.05) is 23.4 Å². The van der Waals surface area contributed by atoms with Gasteiger partial charge in [0.05, 0.1) is 29.3 Å². The van der Waals surface area contributed by atoms with Gasteiger partial charge in [0.2, 0.25) is 5.76 Å². The molecule has 4 unspecified atom stereocenters. The van der Waals surface area contributed by atoms with Crippen molar-refractivity contribution >= 4 is 29.0 Å². The molecule has 1 aromatic heterocycles. The average Bonchev–Trinajstić information content (AvgIpc) is 3.48. The van der Waals surface area contributed by atoms with E-state index >= 15 is 0 Å². The number of phenols is 1. The molecule has 0 radical (unpaired) electrons. The molecule has 2 aromatic carbocycles. The third-order valence-corrected chi connectivity index (χ3v) is 9.15. The standard InChI is InChI=1S/C32H32N4O8/c1-32(43)24-19(26(36(2)3)29(40)25(32)30(33)41)13-15-12-18-17(8-9-20(37)23(18)27(38)22(15)28(24)39)14-4-6-16(7-5-14)35-31(42)21-10-11-34-44-21/h4-11,15,19,24,26,37-38,40,43H,12-13H2,1-3H3,(H2,33,41)(H,35,42)/t15?,19?,24?,26-,32?/m0/s1. The number of likely N-dealkylation sites (N-methyl/N-ethyl adjacent to an activating group) is 1. The minimum atomic E-state index is -2.09. The Bertz CT molecular complexity index is 1750. The number of anilines is 1. The van der Waals surface area contributed by atoms with Crippen LogP contribution in [0.3, 0.4) is 0 Å². The van der Waals surface area contributed by atoms with Gasteiger partial charge >= 0.3 is 0 Å². The Hall–Kier alpha value is -4.94. The molecule has 5 atom stereocenters. The predicted octanol–water partition coefficient (Wildman–Crippen LogP) is 2.94. The number of ketones is 1. The van der Waals surface area contributed by atoms with E-state index in [4.69, 9.17) is 10.3 Å². The lowest BCUT2D eigenvalue weighted by atomic mass is 9.55. The SMILES string of the molecule is CN(C)[C@@H]1C(O)=C(C(N)=O)C(C)(O)C2C(=O)C3=C(O)c4c(O)ccc(-c5ccc(NC(=O)c6ccno6)cc5)c4CC3CC21. The lowest BCUT2D eigenvalue weighted by molar-refractivity contribution is -0.139. The molecule has 1 heterocycles. The summed E-state index contributed by atoms with van der Waals surface area (Å²) in [6, 6.07) is 10.8. The number of carbonyl (C=O) groups is 3. The second-order valence-electron chi connectivity index (χ2n) is 12.0. The van der Waals surface area contributed by atoms with E-state index in [0.29, 0.717) is 23.2 Å². The molecule has 3 aliphatic carbocycles. The fraction of sp³-hybridized carbons (Fsp3) is 0.312. The zero-order valence-electron chi connectivity index (χ0n) is 24.2. The number of nitrogens with two attached hydrogens (primary N) is 1. The first-order valence-corrected chi connectivity index (χ1v) is 14.1. The van der Waals surface area contributed by atoms with Gasteiger partial charge in [0.1, 0.15) is 22.9 Å². The molecule has 44 heavy (non-hydrogen) atoms. The Morgan fingerprint density at radius 2 is 1.80 bits per heavy atom. The van der Waals surface area contributed by atoms with Crippen molar-refractivity contribution in [1.82, 2.24) is 10.1 Å². The minimum Gasteiger partial charge on any atom is -0.510 e. The number of hydrogen-bond donors (Lipinski definition) is 6. The second-order valence-corrected chi connectivity index (χ2v) is 12.0. The van der Waals surface area contributed by atoms with Crippen LogP contribution < -0.4 is 11.1 Å².